The van der Waals surface area contributed by atoms with Gasteiger partial charge >= 0.3 is 0 Å². The molecule has 2 unspecified atom stereocenters. The van der Waals surface area contributed by atoms with Crippen molar-refractivity contribution in [1.82, 2.24) is 29.5 Å². The van der Waals surface area contributed by atoms with Gasteiger partial charge in [-0.15, -0.1) is 5.10 Å². The molecule has 5 aromatic rings. The van der Waals surface area contributed by atoms with Crippen molar-refractivity contribution in [2.45, 2.75) is 32.2 Å². The van der Waals surface area contributed by atoms with E-state index >= 15 is 4.39 Å². The van der Waals surface area contributed by atoms with Crippen molar-refractivity contribution in [3.8, 4) is 34.1 Å². The zero-order chi connectivity index (χ0) is 31.0. The van der Waals surface area contributed by atoms with E-state index in [1.54, 1.807) is 30.5 Å². The van der Waals surface area contributed by atoms with Crippen molar-refractivity contribution in [2.24, 2.45) is 5.92 Å². The van der Waals surface area contributed by atoms with Crippen molar-refractivity contribution < 1.29 is 9.18 Å². The Labute approximate surface area is 260 Å². The van der Waals surface area contributed by atoms with E-state index < -0.39 is 17.4 Å². The van der Waals surface area contributed by atoms with Gasteiger partial charge in [-0.3, -0.25) is 19.1 Å². The first-order valence-corrected chi connectivity index (χ1v) is 14.4. The number of carbonyl (C=O) groups excluding carboxylic acids is 1. The van der Waals surface area contributed by atoms with E-state index in [1.807, 2.05) is 13.0 Å². The topological polar surface area (TPSA) is 131 Å². The molecule has 1 aliphatic heterocycles. The van der Waals surface area contributed by atoms with Crippen molar-refractivity contribution >= 4 is 34.8 Å². The van der Waals surface area contributed by atoms with Crippen LogP contribution in [0.2, 0.25) is 10.2 Å². The van der Waals surface area contributed by atoms with Crippen LogP contribution in [-0.4, -0.2) is 35.4 Å². The quantitative estimate of drug-likeness (QED) is 0.251. The van der Waals surface area contributed by atoms with E-state index in [1.165, 1.54) is 40.0 Å². The first-order valence-electron chi connectivity index (χ1n) is 13.7. The van der Waals surface area contributed by atoms with Gasteiger partial charge < -0.3 is 5.32 Å². The lowest BCUT2D eigenvalue weighted by molar-refractivity contribution is -0.119. The fourth-order valence-electron chi connectivity index (χ4n) is 5.31. The van der Waals surface area contributed by atoms with Crippen LogP contribution >= 0.6 is 23.2 Å². The highest BCUT2D eigenvalue weighted by Crippen LogP contribution is 2.35. The number of carbonyl (C=O) groups is 1. The number of nitriles is 1. The van der Waals surface area contributed by atoms with E-state index in [2.05, 4.69) is 31.7 Å². The summed E-state index contributed by atoms with van der Waals surface area (Å²) in [6.45, 7) is 1.85. The molecule has 4 heterocycles. The summed E-state index contributed by atoms with van der Waals surface area (Å²) in [7, 11) is 0. The molecule has 2 bridgehead atoms. The summed E-state index contributed by atoms with van der Waals surface area (Å²) in [5, 5.41) is 20.1. The van der Waals surface area contributed by atoms with Crippen molar-refractivity contribution in [2.75, 3.05) is 5.32 Å². The number of hydrogen-bond donors (Lipinski definition) is 1. The number of nitrogens with zero attached hydrogens (tertiary/aromatic N) is 7. The van der Waals surface area contributed by atoms with E-state index in [4.69, 9.17) is 23.2 Å². The van der Waals surface area contributed by atoms with Crippen LogP contribution in [0, 0.1) is 23.1 Å². The Morgan fingerprint density at radius 3 is 2.66 bits per heavy atom. The molecule has 10 nitrogen and oxygen atoms in total. The standard InChI is InChI=1S/C31H23Cl2FN8O2/c1-17-3-2-4-25(23-12-19(9-10-36-23)20-11-18(14-35)5-7-22(20)38-31(17)44)41-16-37-24(13-28(41)43)29-26(8-6-21(32)30(29)34)42-15-27(33)39-40-42/h5-13,15-17,25H,2-4H2,1H3,(H,38,44). The van der Waals surface area contributed by atoms with E-state index in [9.17, 15) is 14.9 Å². The SMILES string of the molecule is CC1CCCC(n2cnc(-c3c(-n4cc(Cl)nn4)ccc(Cl)c3F)cc2=O)c2cc(ccn2)-c2cc(C#N)ccc2NC1=O. The summed E-state index contributed by atoms with van der Waals surface area (Å²) in [4.78, 5) is 35.8. The van der Waals surface area contributed by atoms with Crippen LogP contribution in [0.4, 0.5) is 10.1 Å². The molecular weight excluding hydrogens is 606 g/mol. The van der Waals surface area contributed by atoms with Crippen molar-refractivity contribution in [1.29, 1.82) is 5.26 Å². The van der Waals surface area contributed by atoms with Gasteiger partial charge in [-0.05, 0) is 60.9 Å². The number of rotatable bonds is 3. The minimum atomic E-state index is -0.775. The average molecular weight is 629 g/mol. The number of halogens is 3. The second-order valence-electron chi connectivity index (χ2n) is 10.4. The normalized spacial score (nSPS) is 16.7. The number of pyridine rings is 1. The molecule has 13 heteroatoms. The first-order chi connectivity index (χ1) is 21.2. The lowest BCUT2D eigenvalue weighted by atomic mass is 9.95. The third kappa shape index (κ3) is 5.57. The minimum absolute atomic E-state index is 0.0353. The molecule has 220 valence electrons. The van der Waals surface area contributed by atoms with E-state index in [-0.39, 0.29) is 38.9 Å². The van der Waals surface area contributed by atoms with Crippen LogP contribution < -0.4 is 10.9 Å². The Morgan fingerprint density at radius 1 is 1.07 bits per heavy atom. The largest absolute Gasteiger partial charge is 0.325 e. The number of hydrogen-bond acceptors (Lipinski definition) is 7. The summed E-state index contributed by atoms with van der Waals surface area (Å²) in [5.41, 5.74) is 2.80. The molecule has 0 saturated heterocycles. The maximum atomic E-state index is 15.4. The lowest BCUT2D eigenvalue weighted by Crippen LogP contribution is -2.27. The number of anilines is 1. The monoisotopic (exact) mass is 628 g/mol. The van der Waals surface area contributed by atoms with Crippen molar-refractivity contribution in [3.05, 3.63) is 105 Å². The van der Waals surface area contributed by atoms with E-state index in [0.29, 0.717) is 41.8 Å². The Kier molecular flexibility index (Phi) is 7.95. The Balaban J connectivity index is 1.46. The molecule has 0 radical (unpaired) electrons. The van der Waals surface area contributed by atoms with Gasteiger partial charge in [0.2, 0.25) is 5.91 Å². The second kappa shape index (κ2) is 12.0. The maximum Gasteiger partial charge on any atom is 0.254 e. The molecule has 0 fully saturated rings. The molecule has 2 aromatic carbocycles. The smallest absolute Gasteiger partial charge is 0.254 e. The maximum absolute atomic E-state index is 15.4. The number of amides is 1. The van der Waals surface area contributed by atoms with Crippen LogP contribution in [0.3, 0.4) is 0 Å². The molecule has 3 aromatic heterocycles. The number of aromatic nitrogens is 6. The Morgan fingerprint density at radius 2 is 1.91 bits per heavy atom. The third-order valence-electron chi connectivity index (χ3n) is 7.62. The molecule has 0 saturated carbocycles. The molecular formula is C31H23Cl2FN8O2. The third-order valence-corrected chi connectivity index (χ3v) is 8.08. The van der Waals surface area contributed by atoms with Gasteiger partial charge in [0.15, 0.2) is 11.0 Å². The number of nitrogens with one attached hydrogen (secondary N) is 1. The summed E-state index contributed by atoms with van der Waals surface area (Å²) in [6.07, 6.45) is 6.04. The molecule has 1 aliphatic rings. The fraction of sp³-hybridized carbons (Fsp3) is 0.194. The van der Waals surface area contributed by atoms with Crippen LogP contribution in [0.1, 0.15) is 43.5 Å². The van der Waals surface area contributed by atoms with Crippen LogP contribution in [0.5, 0.6) is 0 Å². The Bertz CT molecular complexity index is 2020. The molecule has 0 aliphatic carbocycles. The van der Waals surface area contributed by atoms with Gasteiger partial charge in [-0.25, -0.2) is 14.1 Å². The summed E-state index contributed by atoms with van der Waals surface area (Å²) < 4.78 is 18.2. The summed E-state index contributed by atoms with van der Waals surface area (Å²) in [6, 6.07) is 14.4. The van der Waals surface area contributed by atoms with Crippen molar-refractivity contribution in [3.63, 3.8) is 0 Å². The lowest BCUT2D eigenvalue weighted by Gasteiger charge is -2.23. The first kappa shape index (κ1) is 29.2. The molecule has 44 heavy (non-hydrogen) atoms. The molecule has 6 rings (SSSR count). The zero-order valence-corrected chi connectivity index (χ0v) is 24.7. The second-order valence-corrected chi connectivity index (χ2v) is 11.2. The molecule has 1 N–H and O–H groups in total. The Hall–Kier alpha value is -4.92. The molecule has 2 atom stereocenters. The summed E-state index contributed by atoms with van der Waals surface area (Å²) >= 11 is 12.1. The van der Waals surface area contributed by atoms with Gasteiger partial charge in [0.1, 0.15) is 0 Å². The predicted octanol–water partition coefficient (Wildman–Crippen LogP) is 6.22. The highest BCUT2D eigenvalue weighted by molar-refractivity contribution is 6.31. The average Bonchev–Trinajstić information content (AvgIpc) is 3.46. The van der Waals surface area contributed by atoms with Gasteiger partial charge in [-0.1, -0.05) is 41.8 Å². The van der Waals surface area contributed by atoms with Gasteiger partial charge in [0, 0.05) is 29.4 Å². The summed E-state index contributed by atoms with van der Waals surface area (Å²) in [5.74, 6) is -1.22. The predicted molar refractivity (Wildman–Crippen MR) is 163 cm³/mol. The molecule has 0 spiro atoms. The van der Waals surface area contributed by atoms with Crippen LogP contribution in [0.25, 0.3) is 28.1 Å². The van der Waals surface area contributed by atoms with Gasteiger partial charge in [0.05, 0.1) is 57.9 Å². The number of benzene rings is 2. The zero-order valence-electron chi connectivity index (χ0n) is 23.2. The van der Waals surface area contributed by atoms with Crippen LogP contribution in [-0.2, 0) is 4.79 Å². The highest BCUT2D eigenvalue weighted by atomic mass is 35.5. The number of fused-ring (bicyclic) bond motifs is 4. The molecule has 1 amide bonds. The van der Waals surface area contributed by atoms with E-state index in [0.717, 1.165) is 5.56 Å². The minimum Gasteiger partial charge on any atom is -0.325 e. The fourth-order valence-corrected chi connectivity index (χ4v) is 5.59. The van der Waals surface area contributed by atoms with Crippen LogP contribution in [0.15, 0.2) is 72.0 Å². The highest BCUT2D eigenvalue weighted by Gasteiger charge is 2.24. The van der Waals surface area contributed by atoms with Gasteiger partial charge in [0.25, 0.3) is 5.56 Å². The van der Waals surface area contributed by atoms with Gasteiger partial charge in [-0.2, -0.15) is 5.26 Å².